The van der Waals surface area contributed by atoms with E-state index in [9.17, 15) is 0 Å². The molecule has 0 spiro atoms. The number of rotatable bonds is 7. The first kappa shape index (κ1) is 36.7. The zero-order chi connectivity index (χ0) is 42.1. The SMILES string of the molecule is CC1(C)c2ccccc2-c2c(N(c3ccc(-c4ccccc4)cc3)c3ccc(-c4ccc5c6ccccc6n(-c6nc(-c7ccccc7)c7ccccc7n6)c5c4)cc3)cccc21. The molecule has 12 rings (SSSR count). The third kappa shape index (κ3) is 5.98. The summed E-state index contributed by atoms with van der Waals surface area (Å²) in [5.41, 5.74) is 18.2. The first-order valence-corrected chi connectivity index (χ1v) is 21.7. The number of aromatic nitrogens is 3. The summed E-state index contributed by atoms with van der Waals surface area (Å²) in [5.74, 6) is 0.653. The van der Waals surface area contributed by atoms with E-state index < -0.39 is 0 Å². The Balaban J connectivity index is 0.999. The predicted molar refractivity (Wildman–Crippen MR) is 262 cm³/mol. The van der Waals surface area contributed by atoms with Crippen molar-refractivity contribution in [1.82, 2.24) is 14.5 Å². The number of benzene rings is 9. The largest absolute Gasteiger partial charge is 0.310 e. The summed E-state index contributed by atoms with van der Waals surface area (Å²) in [4.78, 5) is 13.0. The predicted octanol–water partition coefficient (Wildman–Crippen LogP) is 15.5. The molecule has 0 bridgehead atoms. The lowest BCUT2D eigenvalue weighted by Gasteiger charge is -2.29. The Morgan fingerprint density at radius 3 is 1.71 bits per heavy atom. The van der Waals surface area contributed by atoms with Gasteiger partial charge in [0, 0.05) is 44.1 Å². The Morgan fingerprint density at radius 2 is 0.968 bits per heavy atom. The molecule has 11 aromatic rings. The van der Waals surface area contributed by atoms with Crippen LogP contribution in [-0.4, -0.2) is 14.5 Å². The molecule has 4 nitrogen and oxygen atoms in total. The molecular weight excluding hydrogens is 765 g/mol. The minimum atomic E-state index is -0.114. The molecule has 1 aliphatic carbocycles. The van der Waals surface area contributed by atoms with Crippen LogP contribution in [0, 0.1) is 0 Å². The van der Waals surface area contributed by atoms with E-state index in [-0.39, 0.29) is 5.41 Å². The number of fused-ring (bicyclic) bond motifs is 7. The maximum Gasteiger partial charge on any atom is 0.235 e. The zero-order valence-corrected chi connectivity index (χ0v) is 35.1. The second-order valence-corrected chi connectivity index (χ2v) is 17.0. The van der Waals surface area contributed by atoms with Gasteiger partial charge in [-0.3, -0.25) is 4.57 Å². The Labute approximate surface area is 367 Å². The van der Waals surface area contributed by atoms with E-state index >= 15 is 0 Å². The van der Waals surface area contributed by atoms with Gasteiger partial charge in [0.15, 0.2) is 0 Å². The third-order valence-electron chi connectivity index (χ3n) is 13.0. The van der Waals surface area contributed by atoms with Gasteiger partial charge in [0.1, 0.15) is 0 Å². The van der Waals surface area contributed by atoms with Crippen molar-refractivity contribution in [3.05, 3.63) is 230 Å². The molecule has 0 aliphatic heterocycles. The van der Waals surface area contributed by atoms with Crippen LogP contribution in [0.5, 0.6) is 0 Å². The molecule has 0 amide bonds. The Kier molecular flexibility index (Phi) is 8.48. The molecule has 4 heteroatoms. The quantitative estimate of drug-likeness (QED) is 0.161. The van der Waals surface area contributed by atoms with Gasteiger partial charge >= 0.3 is 0 Å². The second kappa shape index (κ2) is 14.5. The lowest BCUT2D eigenvalue weighted by molar-refractivity contribution is 0.660. The Hall–Kier alpha value is -8.08. The molecule has 2 aromatic heterocycles. The molecule has 0 fully saturated rings. The van der Waals surface area contributed by atoms with Crippen LogP contribution in [0.1, 0.15) is 25.0 Å². The van der Waals surface area contributed by atoms with E-state index in [1.54, 1.807) is 0 Å². The summed E-state index contributed by atoms with van der Waals surface area (Å²) in [7, 11) is 0. The minimum absolute atomic E-state index is 0.114. The van der Waals surface area contributed by atoms with E-state index in [1.165, 1.54) is 44.5 Å². The average Bonchev–Trinajstić information content (AvgIpc) is 3.80. The smallest absolute Gasteiger partial charge is 0.235 e. The molecule has 9 aromatic carbocycles. The van der Waals surface area contributed by atoms with E-state index in [2.05, 4.69) is 230 Å². The maximum absolute atomic E-state index is 5.32. The van der Waals surface area contributed by atoms with Crippen LogP contribution in [0.15, 0.2) is 218 Å². The highest BCUT2D eigenvalue weighted by molar-refractivity contribution is 6.10. The van der Waals surface area contributed by atoms with Crippen LogP contribution < -0.4 is 4.90 Å². The first-order chi connectivity index (χ1) is 31.0. The zero-order valence-electron chi connectivity index (χ0n) is 35.1. The number of hydrogen-bond acceptors (Lipinski definition) is 3. The van der Waals surface area contributed by atoms with Gasteiger partial charge in [-0.2, -0.15) is 0 Å². The van der Waals surface area contributed by atoms with Gasteiger partial charge in [0.25, 0.3) is 0 Å². The highest BCUT2D eigenvalue weighted by Crippen LogP contribution is 2.54. The molecule has 2 heterocycles. The van der Waals surface area contributed by atoms with Crippen molar-refractivity contribution < 1.29 is 0 Å². The molecule has 63 heavy (non-hydrogen) atoms. The number of para-hydroxylation sites is 2. The summed E-state index contributed by atoms with van der Waals surface area (Å²) in [6, 6.07) is 78.5. The van der Waals surface area contributed by atoms with Gasteiger partial charge in [-0.15, -0.1) is 0 Å². The van der Waals surface area contributed by atoms with Crippen molar-refractivity contribution in [2.75, 3.05) is 4.90 Å². The molecular formula is C59H42N4. The van der Waals surface area contributed by atoms with Crippen molar-refractivity contribution in [3.63, 3.8) is 0 Å². The van der Waals surface area contributed by atoms with Crippen molar-refractivity contribution in [2.24, 2.45) is 0 Å². The summed E-state index contributed by atoms with van der Waals surface area (Å²) >= 11 is 0. The van der Waals surface area contributed by atoms with E-state index in [4.69, 9.17) is 9.97 Å². The molecule has 1 aliphatic rings. The topological polar surface area (TPSA) is 34.0 Å². The highest BCUT2D eigenvalue weighted by atomic mass is 15.2. The Morgan fingerprint density at radius 1 is 0.413 bits per heavy atom. The van der Waals surface area contributed by atoms with Crippen molar-refractivity contribution in [3.8, 4) is 50.6 Å². The van der Waals surface area contributed by atoms with Gasteiger partial charge < -0.3 is 4.90 Å². The van der Waals surface area contributed by atoms with E-state index in [0.717, 1.165) is 61.1 Å². The normalized spacial score (nSPS) is 12.7. The fourth-order valence-corrected chi connectivity index (χ4v) is 9.93. The fraction of sp³-hybridized carbons (Fsp3) is 0.0508. The second-order valence-electron chi connectivity index (χ2n) is 17.0. The molecule has 0 atom stereocenters. The van der Waals surface area contributed by atoms with Crippen LogP contribution >= 0.6 is 0 Å². The standard InChI is InChI=1S/C59H42N4/c1-59(2)50-23-12-9-21-48(50)56-51(59)24-15-27-54(56)62(44-33-28-40(29-34-44)39-16-5-3-6-17-39)45-35-30-41(31-36-45)43-32-37-47-46-20-11-14-26-53(46)63(55(47)38-43)58-60-52-25-13-10-22-49(52)57(61-58)42-18-7-4-8-19-42/h3-38H,1-2H3. The third-order valence-corrected chi connectivity index (χ3v) is 13.0. The van der Waals surface area contributed by atoms with Gasteiger partial charge in [-0.05, 0) is 87.5 Å². The first-order valence-electron chi connectivity index (χ1n) is 21.7. The summed E-state index contributed by atoms with van der Waals surface area (Å²) in [6.45, 7) is 4.69. The van der Waals surface area contributed by atoms with E-state index in [0.29, 0.717) is 5.95 Å². The molecule has 0 saturated heterocycles. The van der Waals surface area contributed by atoms with Crippen molar-refractivity contribution in [1.29, 1.82) is 0 Å². The van der Waals surface area contributed by atoms with Gasteiger partial charge in [-0.1, -0.05) is 184 Å². The van der Waals surface area contributed by atoms with Gasteiger partial charge in [-0.25, -0.2) is 9.97 Å². The van der Waals surface area contributed by atoms with Gasteiger partial charge in [0.05, 0.1) is 27.9 Å². The average molecular weight is 807 g/mol. The molecule has 0 saturated carbocycles. The molecule has 298 valence electrons. The summed E-state index contributed by atoms with van der Waals surface area (Å²) < 4.78 is 2.23. The van der Waals surface area contributed by atoms with Crippen LogP contribution in [0.2, 0.25) is 0 Å². The van der Waals surface area contributed by atoms with Crippen molar-refractivity contribution in [2.45, 2.75) is 19.3 Å². The minimum Gasteiger partial charge on any atom is -0.310 e. The molecule has 0 unspecified atom stereocenters. The number of hydrogen-bond donors (Lipinski definition) is 0. The molecule has 0 radical (unpaired) electrons. The van der Waals surface area contributed by atoms with Crippen molar-refractivity contribution >= 4 is 49.8 Å². The monoisotopic (exact) mass is 806 g/mol. The highest BCUT2D eigenvalue weighted by Gasteiger charge is 2.37. The lowest BCUT2D eigenvalue weighted by atomic mass is 9.82. The maximum atomic E-state index is 5.32. The molecule has 0 N–H and O–H groups in total. The lowest BCUT2D eigenvalue weighted by Crippen LogP contribution is -2.16. The number of anilines is 3. The number of nitrogens with zero attached hydrogens (tertiary/aromatic N) is 4. The van der Waals surface area contributed by atoms with Crippen LogP contribution in [0.25, 0.3) is 83.3 Å². The van der Waals surface area contributed by atoms with Crippen LogP contribution in [0.4, 0.5) is 17.1 Å². The fourth-order valence-electron chi connectivity index (χ4n) is 9.93. The summed E-state index contributed by atoms with van der Waals surface area (Å²) in [5, 5.41) is 3.36. The van der Waals surface area contributed by atoms with E-state index in [1.807, 2.05) is 12.1 Å². The Bertz CT molecular complexity index is 3510. The van der Waals surface area contributed by atoms with Gasteiger partial charge in [0.2, 0.25) is 5.95 Å². The van der Waals surface area contributed by atoms with Crippen LogP contribution in [0.3, 0.4) is 0 Å². The van der Waals surface area contributed by atoms with Crippen LogP contribution in [-0.2, 0) is 5.41 Å². The summed E-state index contributed by atoms with van der Waals surface area (Å²) in [6.07, 6.45) is 0.